The molecule has 6 nitrogen and oxygen atoms in total. The molecule has 0 saturated heterocycles. The Morgan fingerprint density at radius 1 is 1.30 bits per heavy atom. The van der Waals surface area contributed by atoms with Crippen LogP contribution in [0.3, 0.4) is 0 Å². The van der Waals surface area contributed by atoms with Crippen LogP contribution in [0.25, 0.3) is 0 Å². The third-order valence-electron chi connectivity index (χ3n) is 3.42. The Morgan fingerprint density at radius 2 is 2.05 bits per heavy atom. The van der Waals surface area contributed by atoms with E-state index >= 15 is 0 Å². The molecule has 0 radical (unpaired) electrons. The summed E-state index contributed by atoms with van der Waals surface area (Å²) < 4.78 is 11.2. The Morgan fingerprint density at radius 3 is 2.75 bits per heavy atom. The average molecular weight is 292 g/mol. The summed E-state index contributed by atoms with van der Waals surface area (Å²) >= 11 is 1.32. The average Bonchev–Trinajstić information content (AvgIpc) is 2.99. The molecule has 0 fully saturated rings. The topological polar surface area (TPSA) is 68.2 Å². The molecule has 1 atom stereocenters. The highest BCUT2D eigenvalue weighted by molar-refractivity contribution is 7.97. The lowest BCUT2D eigenvalue weighted by atomic mass is 9.86. The van der Waals surface area contributed by atoms with Gasteiger partial charge in [-0.25, -0.2) is 14.0 Å². The van der Waals surface area contributed by atoms with Gasteiger partial charge in [-0.15, -0.1) is 0 Å². The second-order valence-electron chi connectivity index (χ2n) is 4.43. The number of rotatable bonds is 2. The van der Waals surface area contributed by atoms with Crippen LogP contribution in [0, 0.1) is 0 Å². The standard InChI is InChI=1S/C13H12N2O4S/c1-18-11(16)9-7-13(12(17)19-2)8-5-3-4-6-10(8)20-15(13)14-9/h3-6H,7H2,1-2H3. The van der Waals surface area contributed by atoms with Crippen LogP contribution in [0.2, 0.25) is 0 Å². The van der Waals surface area contributed by atoms with E-state index < -0.39 is 17.5 Å². The molecule has 0 saturated carbocycles. The van der Waals surface area contributed by atoms with Crippen LogP contribution in [0.4, 0.5) is 0 Å². The third kappa shape index (κ3) is 1.56. The highest BCUT2D eigenvalue weighted by atomic mass is 32.2. The van der Waals surface area contributed by atoms with E-state index in [1.165, 1.54) is 30.6 Å². The normalized spacial score (nSPS) is 22.9. The molecule has 0 spiro atoms. The Hall–Kier alpha value is -2.02. The van der Waals surface area contributed by atoms with Gasteiger partial charge in [0.25, 0.3) is 0 Å². The number of benzene rings is 1. The molecule has 2 heterocycles. The van der Waals surface area contributed by atoms with E-state index in [-0.39, 0.29) is 12.1 Å². The smallest absolute Gasteiger partial charge is 0.354 e. The van der Waals surface area contributed by atoms with Gasteiger partial charge in [0.1, 0.15) is 5.71 Å². The SMILES string of the molecule is COC(=O)C1=NN2Sc3ccccc3C2(C(=O)OC)C1. The van der Waals surface area contributed by atoms with Gasteiger partial charge < -0.3 is 9.47 Å². The van der Waals surface area contributed by atoms with Crippen molar-refractivity contribution in [2.75, 3.05) is 14.2 Å². The van der Waals surface area contributed by atoms with Crippen LogP contribution in [0.5, 0.6) is 0 Å². The zero-order chi connectivity index (χ0) is 14.3. The molecule has 3 rings (SSSR count). The quantitative estimate of drug-likeness (QED) is 0.605. The summed E-state index contributed by atoms with van der Waals surface area (Å²) in [4.78, 5) is 24.9. The first-order valence-electron chi connectivity index (χ1n) is 5.95. The van der Waals surface area contributed by atoms with Gasteiger partial charge in [-0.05, 0) is 6.07 Å². The summed E-state index contributed by atoms with van der Waals surface area (Å²) in [5.74, 6) is -0.960. The van der Waals surface area contributed by atoms with Gasteiger partial charge in [-0.3, -0.25) is 0 Å². The molecule has 2 aliphatic rings. The molecule has 20 heavy (non-hydrogen) atoms. The molecule has 2 aliphatic heterocycles. The van der Waals surface area contributed by atoms with Crippen molar-refractivity contribution >= 4 is 29.6 Å². The van der Waals surface area contributed by atoms with E-state index in [1.54, 1.807) is 0 Å². The van der Waals surface area contributed by atoms with Crippen LogP contribution in [-0.2, 0) is 24.6 Å². The lowest BCUT2D eigenvalue weighted by Gasteiger charge is -2.27. The second-order valence-corrected chi connectivity index (χ2v) is 5.40. The number of hydrogen-bond acceptors (Lipinski definition) is 7. The van der Waals surface area contributed by atoms with Gasteiger partial charge in [0, 0.05) is 28.8 Å². The Labute approximate surface area is 119 Å². The molecule has 7 heteroatoms. The highest BCUT2D eigenvalue weighted by Gasteiger charge is 2.58. The van der Waals surface area contributed by atoms with E-state index in [1.807, 2.05) is 24.3 Å². The summed E-state index contributed by atoms with van der Waals surface area (Å²) in [7, 11) is 2.62. The van der Waals surface area contributed by atoms with Crippen molar-refractivity contribution in [2.45, 2.75) is 16.9 Å². The van der Waals surface area contributed by atoms with Crippen LogP contribution in [0.15, 0.2) is 34.3 Å². The monoisotopic (exact) mass is 292 g/mol. The Balaban J connectivity index is 2.09. The van der Waals surface area contributed by atoms with Gasteiger partial charge in [-0.1, -0.05) is 18.2 Å². The lowest BCUT2D eigenvalue weighted by molar-refractivity contribution is -0.151. The summed E-state index contributed by atoms with van der Waals surface area (Å²) in [6.45, 7) is 0. The molecule has 104 valence electrons. The minimum atomic E-state index is -1.07. The summed E-state index contributed by atoms with van der Waals surface area (Å²) in [5, 5.41) is 4.21. The maximum Gasteiger partial charge on any atom is 0.354 e. The molecule has 1 aromatic rings. The van der Waals surface area contributed by atoms with E-state index in [0.29, 0.717) is 0 Å². The van der Waals surface area contributed by atoms with Crippen LogP contribution >= 0.6 is 11.9 Å². The highest BCUT2D eigenvalue weighted by Crippen LogP contribution is 2.53. The minimum absolute atomic E-state index is 0.149. The predicted molar refractivity (Wildman–Crippen MR) is 71.9 cm³/mol. The van der Waals surface area contributed by atoms with Crippen LogP contribution < -0.4 is 0 Å². The van der Waals surface area contributed by atoms with Gasteiger partial charge in [0.15, 0.2) is 5.54 Å². The Bertz CT molecular complexity index is 631. The van der Waals surface area contributed by atoms with Crippen molar-refractivity contribution < 1.29 is 19.1 Å². The maximum atomic E-state index is 12.3. The molecule has 0 bridgehead atoms. The minimum Gasteiger partial charge on any atom is -0.467 e. The number of hydrazone groups is 1. The zero-order valence-electron chi connectivity index (χ0n) is 11.0. The molecule has 0 amide bonds. The largest absolute Gasteiger partial charge is 0.467 e. The number of nitrogens with zero attached hydrogens (tertiary/aromatic N) is 2. The Kier molecular flexibility index (Phi) is 2.93. The van der Waals surface area contributed by atoms with Crippen molar-refractivity contribution in [3.8, 4) is 0 Å². The van der Waals surface area contributed by atoms with E-state index in [4.69, 9.17) is 4.74 Å². The lowest BCUT2D eigenvalue weighted by Crippen LogP contribution is -2.42. The van der Waals surface area contributed by atoms with Crippen molar-refractivity contribution in [1.82, 2.24) is 4.41 Å². The van der Waals surface area contributed by atoms with Gasteiger partial charge in [0.05, 0.1) is 14.2 Å². The van der Waals surface area contributed by atoms with Gasteiger partial charge in [0.2, 0.25) is 0 Å². The van der Waals surface area contributed by atoms with Gasteiger partial charge in [-0.2, -0.15) is 5.10 Å². The number of fused-ring (bicyclic) bond motifs is 3. The van der Waals surface area contributed by atoms with E-state index in [0.717, 1.165) is 10.5 Å². The summed E-state index contributed by atoms with van der Waals surface area (Å²) in [6, 6.07) is 7.51. The number of hydrogen-bond donors (Lipinski definition) is 0. The second kappa shape index (κ2) is 4.52. The first-order chi connectivity index (χ1) is 9.63. The molecule has 1 unspecified atom stereocenters. The van der Waals surface area contributed by atoms with Crippen LogP contribution in [-0.4, -0.2) is 36.3 Å². The van der Waals surface area contributed by atoms with Crippen molar-refractivity contribution in [3.63, 3.8) is 0 Å². The molecular formula is C13H12N2O4S. The molecule has 1 aromatic carbocycles. The van der Waals surface area contributed by atoms with Crippen molar-refractivity contribution in [1.29, 1.82) is 0 Å². The number of methoxy groups -OCH3 is 2. The molecular weight excluding hydrogens is 280 g/mol. The first kappa shape index (κ1) is 13.0. The third-order valence-corrected chi connectivity index (χ3v) is 4.54. The molecule has 0 aromatic heterocycles. The number of carbonyl (C=O) groups is 2. The van der Waals surface area contributed by atoms with E-state index in [2.05, 4.69) is 9.84 Å². The van der Waals surface area contributed by atoms with E-state index in [9.17, 15) is 9.59 Å². The number of ether oxygens (including phenoxy) is 2. The fourth-order valence-electron chi connectivity index (χ4n) is 2.48. The molecule has 0 N–H and O–H groups in total. The summed E-state index contributed by atoms with van der Waals surface area (Å²) in [6.07, 6.45) is 0.149. The van der Waals surface area contributed by atoms with Crippen molar-refractivity contribution in [3.05, 3.63) is 29.8 Å². The van der Waals surface area contributed by atoms with Gasteiger partial charge >= 0.3 is 11.9 Å². The zero-order valence-corrected chi connectivity index (χ0v) is 11.8. The number of carbonyl (C=O) groups excluding carboxylic acids is 2. The maximum absolute atomic E-state index is 12.3. The van der Waals surface area contributed by atoms with Crippen molar-refractivity contribution in [2.24, 2.45) is 5.10 Å². The summed E-state index contributed by atoms with van der Waals surface area (Å²) in [5.41, 5.74) is -0.0427. The first-order valence-corrected chi connectivity index (χ1v) is 6.72. The molecule has 0 aliphatic carbocycles. The number of esters is 2. The van der Waals surface area contributed by atoms with Crippen LogP contribution in [0.1, 0.15) is 12.0 Å². The predicted octanol–water partition coefficient (Wildman–Crippen LogP) is 1.31. The fraction of sp³-hybridized carbons (Fsp3) is 0.308. The fourth-order valence-corrected chi connectivity index (χ4v) is 3.67.